The van der Waals surface area contributed by atoms with E-state index in [1.165, 1.54) is 11.3 Å². The van der Waals surface area contributed by atoms with E-state index in [-0.39, 0.29) is 0 Å². The van der Waals surface area contributed by atoms with Crippen LogP contribution in [0, 0.1) is 6.92 Å². The highest BCUT2D eigenvalue weighted by Crippen LogP contribution is 2.29. The Labute approximate surface area is 158 Å². The summed E-state index contributed by atoms with van der Waals surface area (Å²) in [5, 5.41) is 0.962. The zero-order chi connectivity index (χ0) is 17.8. The molecule has 0 saturated carbocycles. The van der Waals surface area contributed by atoms with Gasteiger partial charge in [-0.2, -0.15) is 0 Å². The molecule has 0 spiro atoms. The molecular weight excluding hydrogens is 344 g/mol. The maximum absolute atomic E-state index is 5.49. The van der Waals surface area contributed by atoms with Gasteiger partial charge in [-0.05, 0) is 30.2 Å². The molecule has 6 heteroatoms. The van der Waals surface area contributed by atoms with Crippen molar-refractivity contribution in [3.63, 3.8) is 0 Å². The van der Waals surface area contributed by atoms with E-state index < -0.39 is 0 Å². The molecule has 0 N–H and O–H groups in total. The van der Waals surface area contributed by atoms with Gasteiger partial charge in [0.2, 0.25) is 0 Å². The molecule has 2 aromatic heterocycles. The lowest BCUT2D eigenvalue weighted by molar-refractivity contribution is 0.122. The van der Waals surface area contributed by atoms with Crippen LogP contribution in [0.4, 0.5) is 5.69 Å². The lowest BCUT2D eigenvalue weighted by atomic mass is 10.1. The monoisotopic (exact) mass is 366 g/mol. The van der Waals surface area contributed by atoms with Crippen LogP contribution in [0.15, 0.2) is 60.1 Å². The number of ether oxygens (including phenoxy) is 1. The number of nitrogens with zero attached hydrogens (tertiary/aromatic N) is 4. The Hall–Kier alpha value is -2.31. The third-order valence-corrected chi connectivity index (χ3v) is 5.53. The first-order chi connectivity index (χ1) is 12.8. The topological polar surface area (TPSA) is 43.2 Å². The Morgan fingerprint density at radius 1 is 1.04 bits per heavy atom. The highest BCUT2D eigenvalue weighted by molar-refractivity contribution is 7.98. The molecular formula is C20H22N4OS. The van der Waals surface area contributed by atoms with Crippen LogP contribution < -0.4 is 4.90 Å². The van der Waals surface area contributed by atoms with Crippen LogP contribution in [-0.2, 0) is 10.5 Å². The smallest absolute Gasteiger partial charge is 0.174 e. The number of anilines is 1. The number of morpholine rings is 1. The van der Waals surface area contributed by atoms with Gasteiger partial charge >= 0.3 is 0 Å². The number of para-hydroxylation sites is 1. The molecule has 1 fully saturated rings. The molecule has 1 aliphatic heterocycles. The Kier molecular flexibility index (Phi) is 5.22. The molecule has 5 nitrogen and oxygen atoms in total. The fraction of sp³-hybridized carbons (Fsp3) is 0.300. The van der Waals surface area contributed by atoms with Crippen molar-refractivity contribution >= 4 is 17.4 Å². The molecule has 0 radical (unpaired) electrons. The van der Waals surface area contributed by atoms with Crippen molar-refractivity contribution in [2.24, 2.45) is 0 Å². The van der Waals surface area contributed by atoms with Gasteiger partial charge in [0.15, 0.2) is 5.16 Å². The number of aryl methyl sites for hydroxylation is 1. The predicted octanol–water partition coefficient (Wildman–Crippen LogP) is 3.70. The lowest BCUT2D eigenvalue weighted by Crippen LogP contribution is -2.36. The summed E-state index contributed by atoms with van der Waals surface area (Å²) in [5.74, 6) is 1.81. The van der Waals surface area contributed by atoms with E-state index in [2.05, 4.69) is 56.7 Å². The van der Waals surface area contributed by atoms with Crippen LogP contribution in [0.5, 0.6) is 0 Å². The second-order valence-corrected chi connectivity index (χ2v) is 7.18. The predicted molar refractivity (Wildman–Crippen MR) is 105 cm³/mol. The van der Waals surface area contributed by atoms with E-state index in [4.69, 9.17) is 4.74 Å². The van der Waals surface area contributed by atoms with Gasteiger partial charge in [-0.15, -0.1) is 0 Å². The molecule has 0 unspecified atom stereocenters. The minimum Gasteiger partial charge on any atom is -0.378 e. The number of thioether (sulfide) groups is 1. The van der Waals surface area contributed by atoms with Crippen LogP contribution in [0.2, 0.25) is 0 Å². The average molecular weight is 366 g/mol. The van der Waals surface area contributed by atoms with E-state index in [1.54, 1.807) is 11.8 Å². The van der Waals surface area contributed by atoms with Gasteiger partial charge in [0.1, 0.15) is 5.82 Å². The fourth-order valence-electron chi connectivity index (χ4n) is 3.18. The lowest BCUT2D eigenvalue weighted by Gasteiger charge is -2.30. The summed E-state index contributed by atoms with van der Waals surface area (Å²) in [7, 11) is 0. The number of hydrogen-bond donors (Lipinski definition) is 0. The third kappa shape index (κ3) is 3.61. The molecule has 4 rings (SSSR count). The quantitative estimate of drug-likeness (QED) is 0.644. The molecule has 1 aliphatic rings. The number of imidazole rings is 1. The number of aromatic nitrogens is 3. The molecule has 1 aromatic carbocycles. The van der Waals surface area contributed by atoms with Gasteiger partial charge in [0.05, 0.1) is 13.2 Å². The molecule has 3 heterocycles. The Morgan fingerprint density at radius 2 is 1.88 bits per heavy atom. The summed E-state index contributed by atoms with van der Waals surface area (Å²) in [6.45, 7) is 5.56. The van der Waals surface area contributed by atoms with Gasteiger partial charge in [-0.1, -0.05) is 36.0 Å². The van der Waals surface area contributed by atoms with Gasteiger partial charge in [0, 0.05) is 43.1 Å². The molecule has 0 bridgehead atoms. The third-order valence-electron chi connectivity index (χ3n) is 4.52. The van der Waals surface area contributed by atoms with Crippen LogP contribution in [0.25, 0.3) is 5.82 Å². The van der Waals surface area contributed by atoms with Crippen LogP contribution in [0.3, 0.4) is 0 Å². The largest absolute Gasteiger partial charge is 0.378 e. The molecule has 3 aromatic rings. The first kappa shape index (κ1) is 17.1. The van der Waals surface area contributed by atoms with E-state index >= 15 is 0 Å². The normalized spacial score (nSPS) is 14.6. The summed E-state index contributed by atoms with van der Waals surface area (Å²) >= 11 is 1.74. The standard InChI is InChI=1S/C20H22N4OS/c1-16-5-4-8-21-19(16)24-10-9-22-20(24)26-15-17-6-2-3-7-18(17)23-11-13-25-14-12-23/h2-10H,11-15H2,1H3. The second kappa shape index (κ2) is 7.93. The Balaban J connectivity index is 1.54. The molecule has 0 atom stereocenters. The van der Waals surface area contributed by atoms with Crippen molar-refractivity contribution < 1.29 is 4.74 Å². The van der Waals surface area contributed by atoms with Crippen molar-refractivity contribution in [2.45, 2.75) is 17.8 Å². The SMILES string of the molecule is Cc1cccnc1-n1ccnc1SCc1ccccc1N1CCOCC1. The Morgan fingerprint density at radius 3 is 2.73 bits per heavy atom. The zero-order valence-corrected chi connectivity index (χ0v) is 15.7. The molecule has 26 heavy (non-hydrogen) atoms. The summed E-state index contributed by atoms with van der Waals surface area (Å²) in [5.41, 5.74) is 3.77. The van der Waals surface area contributed by atoms with Crippen LogP contribution in [0.1, 0.15) is 11.1 Å². The van der Waals surface area contributed by atoms with Crippen molar-refractivity contribution in [2.75, 3.05) is 31.2 Å². The van der Waals surface area contributed by atoms with Crippen molar-refractivity contribution in [3.8, 4) is 5.82 Å². The van der Waals surface area contributed by atoms with E-state index in [9.17, 15) is 0 Å². The molecule has 134 valence electrons. The summed E-state index contributed by atoms with van der Waals surface area (Å²) in [4.78, 5) is 11.5. The Bertz CT molecular complexity index is 874. The van der Waals surface area contributed by atoms with Crippen molar-refractivity contribution in [1.29, 1.82) is 0 Å². The molecule has 0 amide bonds. The van der Waals surface area contributed by atoms with Crippen LogP contribution >= 0.6 is 11.8 Å². The molecule has 1 saturated heterocycles. The highest BCUT2D eigenvalue weighted by atomic mass is 32.2. The number of hydrogen-bond acceptors (Lipinski definition) is 5. The fourth-order valence-corrected chi connectivity index (χ4v) is 4.13. The van der Waals surface area contributed by atoms with Gasteiger partial charge < -0.3 is 9.64 Å². The summed E-state index contributed by atoms with van der Waals surface area (Å²) < 4.78 is 7.56. The first-order valence-corrected chi connectivity index (χ1v) is 9.80. The van der Waals surface area contributed by atoms with E-state index in [0.717, 1.165) is 48.6 Å². The van der Waals surface area contributed by atoms with Crippen LogP contribution in [-0.4, -0.2) is 40.8 Å². The maximum Gasteiger partial charge on any atom is 0.174 e. The first-order valence-electron chi connectivity index (χ1n) is 8.81. The van der Waals surface area contributed by atoms with Crippen molar-refractivity contribution in [3.05, 3.63) is 66.1 Å². The zero-order valence-electron chi connectivity index (χ0n) is 14.8. The average Bonchev–Trinajstić information content (AvgIpc) is 3.16. The minimum atomic E-state index is 0.796. The highest BCUT2D eigenvalue weighted by Gasteiger charge is 2.15. The second-order valence-electron chi connectivity index (χ2n) is 6.24. The van der Waals surface area contributed by atoms with Gasteiger partial charge in [-0.25, -0.2) is 9.97 Å². The van der Waals surface area contributed by atoms with E-state index in [0.29, 0.717) is 0 Å². The van der Waals surface area contributed by atoms with Gasteiger partial charge in [-0.3, -0.25) is 4.57 Å². The maximum atomic E-state index is 5.49. The van der Waals surface area contributed by atoms with Gasteiger partial charge in [0.25, 0.3) is 0 Å². The number of pyridine rings is 1. The molecule has 0 aliphatic carbocycles. The van der Waals surface area contributed by atoms with Crippen molar-refractivity contribution in [1.82, 2.24) is 14.5 Å². The number of benzene rings is 1. The minimum absolute atomic E-state index is 0.796. The summed E-state index contributed by atoms with van der Waals surface area (Å²) in [6, 6.07) is 12.7. The summed E-state index contributed by atoms with van der Waals surface area (Å²) in [6.07, 6.45) is 5.64. The van der Waals surface area contributed by atoms with E-state index in [1.807, 2.05) is 24.7 Å². The number of rotatable bonds is 5.